The molecule has 2 N–H and O–H groups in total. The van der Waals surface area contributed by atoms with Gasteiger partial charge in [0.05, 0.1) is 32.0 Å². The lowest BCUT2D eigenvalue weighted by Gasteiger charge is -2.63. The first kappa shape index (κ1) is 26.2. The van der Waals surface area contributed by atoms with Gasteiger partial charge in [-0.25, -0.2) is 4.79 Å². The van der Waals surface area contributed by atoms with Crippen molar-refractivity contribution in [1.82, 2.24) is 0 Å². The SMILES string of the molecule is COC(=O)[C@H](O)[C@@H]1[C@@]2(C)[C@H]3CC[C@@]4(C)[C@H](c5ccoc5)OC(=O)C[C@@]45O[C@H]4C(=O)[C@@]1(C)C[C@]2(OC(C)=O)[C@@H]4[C@@]35O. The summed E-state index contributed by atoms with van der Waals surface area (Å²) in [4.78, 5) is 53.4. The molecule has 1 spiro atoms. The van der Waals surface area contributed by atoms with Crippen molar-refractivity contribution < 1.29 is 52.8 Å². The standard InChI is InChI=1S/C29H34O11/c1-13(30)39-27-12-24(2)19(17(32)23(34)36-5)26(27,4)15-6-8-25(3)22(14-7-9-37-11-14)38-16(31)10-28(25)29(15,35)20(27)18(40-28)21(24)33/h7,9,11,15,17-20,22,32,35H,6,8,10,12H2,1-5H3/t15-,17-,18-,19+,20-,22+,24+,25+,26-,27+,28-,29+/m1/s1. The largest absolute Gasteiger partial charge is 0.472 e. The summed E-state index contributed by atoms with van der Waals surface area (Å²) >= 11 is 0. The number of furan rings is 1. The molecule has 11 nitrogen and oxygen atoms in total. The third kappa shape index (κ3) is 2.36. The van der Waals surface area contributed by atoms with Crippen LogP contribution in [0.4, 0.5) is 0 Å². The van der Waals surface area contributed by atoms with Gasteiger partial charge in [-0.15, -0.1) is 0 Å². The monoisotopic (exact) mass is 558 g/mol. The normalized spacial score (nSPS) is 52.1. The maximum Gasteiger partial charge on any atom is 0.335 e. The summed E-state index contributed by atoms with van der Waals surface area (Å²) in [5.41, 5.74) is -7.83. The number of rotatable bonds is 4. The molecule has 12 atom stereocenters. The first-order valence-corrected chi connectivity index (χ1v) is 13.8. The molecule has 0 amide bonds. The lowest BCUT2D eigenvalue weighted by molar-refractivity contribution is -0.295. The van der Waals surface area contributed by atoms with Gasteiger partial charge in [-0.3, -0.25) is 14.4 Å². The third-order valence-electron chi connectivity index (χ3n) is 12.2. The summed E-state index contributed by atoms with van der Waals surface area (Å²) in [6, 6.07) is 1.70. The van der Waals surface area contributed by atoms with Crippen LogP contribution >= 0.6 is 0 Å². The van der Waals surface area contributed by atoms with E-state index in [4.69, 9.17) is 23.4 Å². The molecule has 4 saturated carbocycles. The fourth-order valence-electron chi connectivity index (χ4n) is 11.2. The summed E-state index contributed by atoms with van der Waals surface area (Å²) in [6.45, 7) is 6.64. The first-order valence-electron chi connectivity index (χ1n) is 13.8. The van der Waals surface area contributed by atoms with E-state index < -0.39 is 92.8 Å². The van der Waals surface area contributed by atoms with Gasteiger partial charge in [0.25, 0.3) is 0 Å². The van der Waals surface area contributed by atoms with E-state index in [0.29, 0.717) is 18.4 Å². The Hall–Kier alpha value is -2.76. The van der Waals surface area contributed by atoms with Crippen LogP contribution in [0.3, 0.4) is 0 Å². The fraction of sp³-hybridized carbons (Fsp3) is 0.724. The molecule has 11 heteroatoms. The molecule has 2 saturated heterocycles. The highest BCUT2D eigenvalue weighted by atomic mass is 16.6. The Balaban J connectivity index is 1.52. The molecule has 6 aliphatic rings. The number of hydrogen-bond acceptors (Lipinski definition) is 11. The van der Waals surface area contributed by atoms with Gasteiger partial charge in [0.15, 0.2) is 11.9 Å². The summed E-state index contributed by atoms with van der Waals surface area (Å²) in [7, 11) is 1.16. The van der Waals surface area contributed by atoms with Crippen LogP contribution in [0.1, 0.15) is 65.0 Å². The van der Waals surface area contributed by atoms with Gasteiger partial charge in [-0.05, 0) is 18.9 Å². The summed E-state index contributed by atoms with van der Waals surface area (Å²) < 4.78 is 29.1. The number of carbonyl (C=O) groups is 4. The maximum atomic E-state index is 14.5. The van der Waals surface area contributed by atoms with Gasteiger partial charge in [0.1, 0.15) is 29.0 Å². The second-order valence-electron chi connectivity index (χ2n) is 13.5. The van der Waals surface area contributed by atoms with Gasteiger partial charge < -0.3 is 33.6 Å². The number of Topliss-reactive ketones (excluding diaryl/α,β-unsaturated/α-hetero) is 1. The van der Waals surface area contributed by atoms with Gasteiger partial charge in [-0.1, -0.05) is 20.8 Å². The Bertz CT molecular complexity index is 1360. The molecule has 7 rings (SSSR count). The lowest BCUT2D eigenvalue weighted by Crippen LogP contribution is -2.72. The zero-order valence-electron chi connectivity index (χ0n) is 23.1. The molecule has 6 fully saturated rings. The minimum absolute atomic E-state index is 0.000624. The summed E-state index contributed by atoms with van der Waals surface area (Å²) in [5, 5.41) is 24.7. The van der Waals surface area contributed by atoms with Crippen molar-refractivity contribution in [3.63, 3.8) is 0 Å². The molecular formula is C29H34O11. The van der Waals surface area contributed by atoms with Crippen molar-refractivity contribution in [2.75, 3.05) is 7.11 Å². The highest BCUT2D eigenvalue weighted by Gasteiger charge is 2.96. The van der Waals surface area contributed by atoms with E-state index >= 15 is 0 Å². The van der Waals surface area contributed by atoms with Gasteiger partial charge in [0, 0.05) is 47.0 Å². The van der Waals surface area contributed by atoms with E-state index in [-0.39, 0.29) is 12.8 Å². The van der Waals surface area contributed by atoms with E-state index in [9.17, 15) is 29.4 Å². The molecule has 0 aromatic carbocycles. The number of esters is 3. The predicted octanol–water partition coefficient (Wildman–Crippen LogP) is 1.63. The highest BCUT2D eigenvalue weighted by molar-refractivity contribution is 5.95. The smallest absolute Gasteiger partial charge is 0.335 e. The number of ketones is 1. The molecule has 2 bridgehead atoms. The van der Waals surface area contributed by atoms with Crippen LogP contribution in [0, 0.1) is 34.0 Å². The zero-order chi connectivity index (χ0) is 28.8. The highest BCUT2D eigenvalue weighted by Crippen LogP contribution is 2.86. The number of fused-ring (bicyclic) bond motifs is 2. The Morgan fingerprint density at radius 1 is 1.20 bits per heavy atom. The van der Waals surface area contributed by atoms with E-state index in [1.165, 1.54) is 19.5 Å². The Morgan fingerprint density at radius 2 is 1.93 bits per heavy atom. The number of aliphatic hydroxyl groups is 2. The number of ether oxygens (including phenoxy) is 4. The van der Waals surface area contributed by atoms with Crippen LogP contribution in [0.5, 0.6) is 0 Å². The zero-order valence-corrected chi connectivity index (χ0v) is 23.1. The fourth-order valence-corrected chi connectivity index (χ4v) is 11.2. The number of methoxy groups -OCH3 is 1. The van der Waals surface area contributed by atoms with Crippen molar-refractivity contribution in [3.05, 3.63) is 24.2 Å². The maximum absolute atomic E-state index is 14.5. The molecule has 2 aliphatic heterocycles. The molecular weight excluding hydrogens is 524 g/mol. The molecule has 40 heavy (non-hydrogen) atoms. The van der Waals surface area contributed by atoms with Crippen molar-refractivity contribution in [2.45, 2.75) is 88.5 Å². The van der Waals surface area contributed by atoms with Gasteiger partial charge in [-0.2, -0.15) is 0 Å². The predicted molar refractivity (Wildman–Crippen MR) is 131 cm³/mol. The average Bonchev–Trinajstić information content (AvgIpc) is 3.57. The molecule has 3 heterocycles. The second-order valence-corrected chi connectivity index (χ2v) is 13.5. The molecule has 0 radical (unpaired) electrons. The Kier molecular flexibility index (Phi) is 4.81. The lowest BCUT2D eigenvalue weighted by atomic mass is 9.45. The Morgan fingerprint density at radius 3 is 2.55 bits per heavy atom. The second kappa shape index (κ2) is 7.35. The van der Waals surface area contributed by atoms with Crippen LogP contribution in [-0.2, 0) is 38.1 Å². The van der Waals surface area contributed by atoms with Gasteiger partial charge in [0.2, 0.25) is 0 Å². The number of aliphatic hydroxyl groups excluding tert-OH is 1. The van der Waals surface area contributed by atoms with Crippen LogP contribution in [-0.4, -0.2) is 70.0 Å². The molecule has 1 aromatic heterocycles. The van der Waals surface area contributed by atoms with E-state index in [2.05, 4.69) is 0 Å². The molecule has 0 unspecified atom stereocenters. The summed E-state index contributed by atoms with van der Waals surface area (Å²) in [6.07, 6.45) is -0.337. The van der Waals surface area contributed by atoms with Crippen LogP contribution in [0.25, 0.3) is 0 Å². The van der Waals surface area contributed by atoms with Crippen LogP contribution in [0.2, 0.25) is 0 Å². The minimum Gasteiger partial charge on any atom is -0.472 e. The Labute approximate surface area is 230 Å². The van der Waals surface area contributed by atoms with Crippen molar-refractivity contribution in [3.8, 4) is 0 Å². The van der Waals surface area contributed by atoms with Crippen LogP contribution < -0.4 is 0 Å². The molecule has 216 valence electrons. The first-order chi connectivity index (χ1) is 18.7. The van der Waals surface area contributed by atoms with Gasteiger partial charge >= 0.3 is 17.9 Å². The van der Waals surface area contributed by atoms with Crippen LogP contribution in [0.15, 0.2) is 23.0 Å². The van der Waals surface area contributed by atoms with Crippen molar-refractivity contribution in [1.29, 1.82) is 0 Å². The van der Waals surface area contributed by atoms with Crippen molar-refractivity contribution >= 4 is 23.7 Å². The topological polar surface area (TPSA) is 159 Å². The van der Waals surface area contributed by atoms with E-state index in [1.807, 2.05) is 6.92 Å². The van der Waals surface area contributed by atoms with Crippen molar-refractivity contribution in [2.24, 2.45) is 34.0 Å². The third-order valence-corrected chi connectivity index (χ3v) is 12.2. The minimum atomic E-state index is -1.83. The average molecular weight is 559 g/mol. The number of cyclic esters (lactones) is 1. The number of hydrogen-bond donors (Lipinski definition) is 2. The van der Waals surface area contributed by atoms with E-state index in [1.54, 1.807) is 19.9 Å². The molecule has 1 aromatic rings. The number of carbonyl (C=O) groups excluding carboxylic acids is 4. The summed E-state index contributed by atoms with van der Waals surface area (Å²) in [5.74, 6) is -5.28. The molecule has 4 aliphatic carbocycles. The quantitative estimate of drug-likeness (QED) is 0.409. The van der Waals surface area contributed by atoms with E-state index in [0.717, 1.165) is 7.11 Å².